The molecule has 4 fully saturated rings. The molecule has 1 saturated heterocycles. The van der Waals surface area contributed by atoms with Crippen molar-refractivity contribution < 1.29 is 13.2 Å². The first-order valence-corrected chi connectivity index (χ1v) is 14.4. The number of nitrogens with zero attached hydrogens (tertiary/aromatic N) is 2. The third kappa shape index (κ3) is 4.34. The summed E-state index contributed by atoms with van der Waals surface area (Å²) in [5.41, 5.74) is 1.64. The van der Waals surface area contributed by atoms with Gasteiger partial charge in [-0.25, -0.2) is 17.7 Å². The van der Waals surface area contributed by atoms with E-state index in [1.807, 2.05) is 29.6 Å². The lowest BCUT2D eigenvalue weighted by molar-refractivity contribution is -0.131. The highest BCUT2D eigenvalue weighted by molar-refractivity contribution is 7.88. The molecule has 6 nitrogen and oxygen atoms in total. The fourth-order valence-corrected chi connectivity index (χ4v) is 7.74. The van der Waals surface area contributed by atoms with Gasteiger partial charge >= 0.3 is 0 Å². The second-order valence-electron chi connectivity index (χ2n) is 9.50. The summed E-state index contributed by atoms with van der Waals surface area (Å²) < 4.78 is 25.3. The molecule has 2 bridgehead atoms. The largest absolute Gasteiger partial charge is 0.302 e. The van der Waals surface area contributed by atoms with Crippen molar-refractivity contribution in [3.63, 3.8) is 0 Å². The van der Waals surface area contributed by atoms with Gasteiger partial charge in [-0.15, -0.1) is 11.3 Å². The van der Waals surface area contributed by atoms with Gasteiger partial charge in [0.15, 0.2) is 5.13 Å². The van der Waals surface area contributed by atoms with Gasteiger partial charge in [0, 0.05) is 35.0 Å². The van der Waals surface area contributed by atoms with Crippen LogP contribution in [-0.2, 0) is 14.8 Å². The topological polar surface area (TPSA) is 79.4 Å². The van der Waals surface area contributed by atoms with Crippen LogP contribution in [0.3, 0.4) is 0 Å². The van der Waals surface area contributed by atoms with Crippen LogP contribution in [-0.4, -0.2) is 43.0 Å². The molecule has 1 aromatic carbocycles. The van der Waals surface area contributed by atoms with Crippen molar-refractivity contribution in [3.05, 3.63) is 34.7 Å². The molecule has 2 atom stereocenters. The summed E-state index contributed by atoms with van der Waals surface area (Å²) in [4.78, 5) is 17.8. The van der Waals surface area contributed by atoms with Gasteiger partial charge < -0.3 is 5.32 Å². The Morgan fingerprint density at radius 1 is 1.12 bits per heavy atom. The zero-order valence-corrected chi connectivity index (χ0v) is 20.4. The molecule has 0 spiro atoms. The van der Waals surface area contributed by atoms with Gasteiger partial charge in [-0.1, -0.05) is 29.8 Å². The van der Waals surface area contributed by atoms with Crippen molar-refractivity contribution in [2.24, 2.45) is 29.6 Å². The number of nitrogens with one attached hydrogen (secondary N) is 1. The number of fused-ring (bicyclic) bond motifs is 2. The number of hydrogen-bond acceptors (Lipinski definition) is 5. The van der Waals surface area contributed by atoms with E-state index in [9.17, 15) is 13.2 Å². The standard InChI is InChI=1S/C23H28ClN3O3S2/c1-32(29,30)27-8-6-14(7-9-27)18-12-19(16-10-15(18)11-16)22(28)26-23-25-21(13-31-23)17-4-2-3-5-20(17)24/h2-5,13-16,18-19H,6-12H2,1H3,(H,25,26,28). The highest BCUT2D eigenvalue weighted by Crippen LogP contribution is 2.56. The van der Waals surface area contributed by atoms with E-state index in [2.05, 4.69) is 10.3 Å². The molecule has 2 aromatic rings. The monoisotopic (exact) mass is 493 g/mol. The summed E-state index contributed by atoms with van der Waals surface area (Å²) in [5.74, 6) is 2.30. The first-order chi connectivity index (χ1) is 15.3. The first kappa shape index (κ1) is 22.3. The molecule has 3 saturated carbocycles. The van der Waals surface area contributed by atoms with E-state index < -0.39 is 10.0 Å². The Morgan fingerprint density at radius 3 is 2.53 bits per heavy atom. The summed E-state index contributed by atoms with van der Waals surface area (Å²) >= 11 is 7.71. The minimum atomic E-state index is -3.11. The van der Waals surface area contributed by atoms with Crippen LogP contribution in [0.4, 0.5) is 5.13 Å². The molecule has 2 unspecified atom stereocenters. The van der Waals surface area contributed by atoms with Crippen molar-refractivity contribution in [3.8, 4) is 11.3 Å². The van der Waals surface area contributed by atoms with E-state index in [4.69, 9.17) is 11.6 Å². The highest BCUT2D eigenvalue weighted by Gasteiger charge is 2.51. The molecular formula is C23H28ClN3O3S2. The highest BCUT2D eigenvalue weighted by atomic mass is 35.5. The maximum absolute atomic E-state index is 13.2. The molecule has 32 heavy (non-hydrogen) atoms. The van der Waals surface area contributed by atoms with Crippen molar-refractivity contribution in [2.75, 3.05) is 24.7 Å². The Morgan fingerprint density at radius 2 is 1.84 bits per heavy atom. The number of sulfonamides is 1. The van der Waals surface area contributed by atoms with Gasteiger partial charge in [0.1, 0.15) is 0 Å². The maximum atomic E-state index is 13.2. The number of benzene rings is 1. The number of amides is 1. The molecule has 1 aromatic heterocycles. The van der Waals surface area contributed by atoms with Crippen LogP contribution in [0.15, 0.2) is 29.6 Å². The second kappa shape index (κ2) is 8.70. The van der Waals surface area contributed by atoms with Gasteiger partial charge in [-0.2, -0.15) is 0 Å². The Balaban J connectivity index is 1.22. The van der Waals surface area contributed by atoms with E-state index >= 15 is 0 Å². The summed E-state index contributed by atoms with van der Waals surface area (Å²) in [6.07, 6.45) is 6.26. The number of carbonyl (C=O) groups is 1. The molecule has 1 amide bonds. The van der Waals surface area contributed by atoms with Crippen molar-refractivity contribution >= 4 is 44.0 Å². The smallest absolute Gasteiger partial charge is 0.229 e. The Hall–Kier alpha value is -1.48. The first-order valence-electron chi connectivity index (χ1n) is 11.3. The molecule has 9 heteroatoms. The third-order valence-electron chi connectivity index (χ3n) is 7.71. The van der Waals surface area contributed by atoms with Crippen LogP contribution in [0.25, 0.3) is 11.3 Å². The molecule has 1 N–H and O–H groups in total. The van der Waals surface area contributed by atoms with E-state index in [-0.39, 0.29) is 11.8 Å². The van der Waals surface area contributed by atoms with Crippen LogP contribution in [0.2, 0.25) is 5.02 Å². The minimum absolute atomic E-state index is 0.0191. The van der Waals surface area contributed by atoms with E-state index in [0.717, 1.165) is 43.4 Å². The van der Waals surface area contributed by atoms with Crippen LogP contribution < -0.4 is 5.32 Å². The molecule has 4 aliphatic rings. The lowest BCUT2D eigenvalue weighted by Crippen LogP contribution is -2.50. The zero-order valence-electron chi connectivity index (χ0n) is 18.0. The average molecular weight is 494 g/mol. The Bertz CT molecular complexity index is 1110. The molecule has 0 radical (unpaired) electrons. The normalized spacial score (nSPS) is 28.8. The number of thiazole rings is 1. The lowest BCUT2D eigenvalue weighted by Gasteiger charge is -2.54. The van der Waals surface area contributed by atoms with Gasteiger partial charge in [0.2, 0.25) is 15.9 Å². The number of halogens is 1. The fourth-order valence-electron chi connectivity index (χ4n) is 5.92. The summed E-state index contributed by atoms with van der Waals surface area (Å²) in [7, 11) is -3.11. The number of anilines is 1. The molecule has 1 aliphatic heterocycles. The van der Waals surface area contributed by atoms with Crippen LogP contribution in [0, 0.1) is 29.6 Å². The van der Waals surface area contributed by atoms with Crippen molar-refractivity contribution in [1.29, 1.82) is 0 Å². The predicted molar refractivity (Wildman–Crippen MR) is 128 cm³/mol. The van der Waals surface area contributed by atoms with Gasteiger partial charge in [0.05, 0.1) is 11.9 Å². The Labute approximate surface area is 198 Å². The molecular weight excluding hydrogens is 466 g/mol. The number of hydrogen-bond donors (Lipinski definition) is 1. The van der Waals surface area contributed by atoms with E-state index in [1.165, 1.54) is 17.6 Å². The van der Waals surface area contributed by atoms with Gasteiger partial charge in [0.25, 0.3) is 0 Å². The van der Waals surface area contributed by atoms with Crippen LogP contribution >= 0.6 is 22.9 Å². The number of rotatable bonds is 5. The Kier molecular flexibility index (Phi) is 6.07. The molecule has 6 rings (SSSR count). The molecule has 3 aliphatic carbocycles. The minimum Gasteiger partial charge on any atom is -0.302 e. The second-order valence-corrected chi connectivity index (χ2v) is 12.8. The SMILES string of the molecule is CS(=O)(=O)N1CCC(C2CC(C(=O)Nc3nc(-c4ccccc4Cl)cs3)C3CC2C3)CC1. The number of piperidine rings is 1. The third-order valence-corrected chi connectivity index (χ3v) is 10.1. The van der Waals surface area contributed by atoms with Crippen LogP contribution in [0.1, 0.15) is 32.1 Å². The van der Waals surface area contributed by atoms with Crippen LogP contribution in [0.5, 0.6) is 0 Å². The average Bonchev–Trinajstić information content (AvgIpc) is 3.20. The predicted octanol–water partition coefficient (Wildman–Crippen LogP) is 4.74. The molecule has 2 heterocycles. The van der Waals surface area contributed by atoms with Gasteiger partial charge in [-0.3, -0.25) is 4.79 Å². The number of aromatic nitrogens is 1. The summed E-state index contributed by atoms with van der Waals surface area (Å²) in [6, 6.07) is 7.58. The fraction of sp³-hybridized carbons (Fsp3) is 0.565. The lowest BCUT2D eigenvalue weighted by atomic mass is 9.52. The number of carbonyl (C=O) groups excluding carboxylic acids is 1. The molecule has 172 valence electrons. The van der Waals surface area contributed by atoms with E-state index in [1.54, 1.807) is 4.31 Å². The summed E-state index contributed by atoms with van der Waals surface area (Å²) in [5, 5.41) is 6.25. The van der Waals surface area contributed by atoms with Crippen molar-refractivity contribution in [1.82, 2.24) is 9.29 Å². The maximum Gasteiger partial charge on any atom is 0.229 e. The zero-order chi connectivity index (χ0) is 22.5. The van der Waals surface area contributed by atoms with Crippen molar-refractivity contribution in [2.45, 2.75) is 32.1 Å². The van der Waals surface area contributed by atoms with Gasteiger partial charge in [-0.05, 0) is 61.8 Å². The quantitative estimate of drug-likeness (QED) is 0.652. The van der Waals surface area contributed by atoms with E-state index in [0.29, 0.717) is 46.9 Å². The summed E-state index contributed by atoms with van der Waals surface area (Å²) in [6.45, 7) is 1.22.